The van der Waals surface area contributed by atoms with Gasteiger partial charge in [-0.15, -0.1) is 0 Å². The molecule has 0 saturated carbocycles. The molecular formula is C25H38N4O4. The average Bonchev–Trinajstić information content (AvgIpc) is 3.19. The van der Waals surface area contributed by atoms with Crippen LogP contribution in [0.3, 0.4) is 0 Å². The Morgan fingerprint density at radius 3 is 2.39 bits per heavy atom. The molecule has 1 aromatic carbocycles. The first-order chi connectivity index (χ1) is 16.1. The van der Waals surface area contributed by atoms with E-state index in [4.69, 9.17) is 9.47 Å². The lowest BCUT2D eigenvalue weighted by molar-refractivity contribution is -0.142. The Hall–Kier alpha value is -2.16. The molecule has 3 fully saturated rings. The highest BCUT2D eigenvalue weighted by atomic mass is 16.6. The smallest absolute Gasteiger partial charge is 0.410 e. The Morgan fingerprint density at radius 2 is 1.70 bits per heavy atom. The minimum atomic E-state index is -0.189. The first-order valence-corrected chi connectivity index (χ1v) is 12.3. The number of piperidine rings is 1. The zero-order valence-corrected chi connectivity index (χ0v) is 19.9. The van der Waals surface area contributed by atoms with Crippen molar-refractivity contribution in [1.82, 2.24) is 19.6 Å². The molecule has 3 aliphatic rings. The Morgan fingerprint density at radius 1 is 1.00 bits per heavy atom. The van der Waals surface area contributed by atoms with E-state index in [0.717, 1.165) is 65.3 Å². The molecule has 3 saturated heterocycles. The molecule has 0 spiro atoms. The number of likely N-dealkylation sites (tertiary alicyclic amines) is 1. The largest absolute Gasteiger partial charge is 0.468 e. The van der Waals surface area contributed by atoms with Crippen LogP contribution in [-0.4, -0.2) is 110 Å². The maximum atomic E-state index is 12.4. The SMILES string of the molecule is COC(=O)CN1CCN(CC2CN(CCC3CCN(Cc4ccccc4)CC3)C(=O)O2)CC1. The van der Waals surface area contributed by atoms with E-state index in [0.29, 0.717) is 19.0 Å². The molecule has 1 unspecified atom stereocenters. The third-order valence-electron chi connectivity index (χ3n) is 7.22. The highest BCUT2D eigenvalue weighted by molar-refractivity contribution is 5.71. The summed E-state index contributed by atoms with van der Waals surface area (Å²) in [5.74, 6) is 0.498. The number of nitrogens with zero attached hydrogens (tertiary/aromatic N) is 4. The summed E-state index contributed by atoms with van der Waals surface area (Å²) in [4.78, 5) is 32.7. The molecule has 4 rings (SSSR count). The molecule has 182 valence electrons. The third kappa shape index (κ3) is 7.16. The van der Waals surface area contributed by atoms with Crippen molar-refractivity contribution in [3.63, 3.8) is 0 Å². The van der Waals surface area contributed by atoms with Gasteiger partial charge in [-0.2, -0.15) is 0 Å². The first kappa shape index (κ1) is 24.0. The van der Waals surface area contributed by atoms with Gasteiger partial charge in [0.1, 0.15) is 6.10 Å². The van der Waals surface area contributed by atoms with Crippen molar-refractivity contribution in [2.75, 3.05) is 72.6 Å². The molecule has 8 nitrogen and oxygen atoms in total. The third-order valence-corrected chi connectivity index (χ3v) is 7.22. The van der Waals surface area contributed by atoms with Crippen LogP contribution in [0.2, 0.25) is 0 Å². The molecule has 3 heterocycles. The van der Waals surface area contributed by atoms with Gasteiger partial charge in [-0.3, -0.25) is 19.5 Å². The van der Waals surface area contributed by atoms with Crippen LogP contribution in [0.4, 0.5) is 4.79 Å². The van der Waals surface area contributed by atoms with E-state index in [9.17, 15) is 9.59 Å². The fourth-order valence-corrected chi connectivity index (χ4v) is 5.13. The van der Waals surface area contributed by atoms with Gasteiger partial charge in [-0.05, 0) is 43.8 Å². The molecule has 0 N–H and O–H groups in total. The van der Waals surface area contributed by atoms with E-state index < -0.39 is 0 Å². The van der Waals surface area contributed by atoms with Crippen molar-refractivity contribution in [2.45, 2.75) is 31.9 Å². The van der Waals surface area contributed by atoms with Gasteiger partial charge in [0.2, 0.25) is 0 Å². The zero-order chi connectivity index (χ0) is 23.0. The summed E-state index contributed by atoms with van der Waals surface area (Å²) in [5, 5.41) is 0. The highest BCUT2D eigenvalue weighted by Gasteiger charge is 2.33. The van der Waals surface area contributed by atoms with Gasteiger partial charge in [0.05, 0.1) is 20.2 Å². The van der Waals surface area contributed by atoms with Crippen LogP contribution in [0.25, 0.3) is 0 Å². The molecule has 0 aliphatic carbocycles. The lowest BCUT2D eigenvalue weighted by atomic mass is 9.93. The fourth-order valence-electron chi connectivity index (χ4n) is 5.13. The standard InChI is InChI=1S/C25H38N4O4/c1-32-24(30)20-28-15-13-27(14-16-28)18-23-19-29(25(31)33-23)12-9-21-7-10-26(11-8-21)17-22-5-3-2-4-6-22/h2-6,21,23H,7-20H2,1H3. The molecule has 1 amide bonds. The van der Waals surface area contributed by atoms with E-state index in [1.807, 2.05) is 4.90 Å². The minimum absolute atomic E-state index is 0.0580. The predicted octanol–water partition coefficient (Wildman–Crippen LogP) is 1.90. The predicted molar refractivity (Wildman–Crippen MR) is 126 cm³/mol. The minimum Gasteiger partial charge on any atom is -0.468 e. The molecular weight excluding hydrogens is 420 g/mol. The number of hydrogen-bond donors (Lipinski definition) is 0. The first-order valence-electron chi connectivity index (χ1n) is 12.3. The summed E-state index contributed by atoms with van der Waals surface area (Å²) in [6.45, 7) is 9.34. The van der Waals surface area contributed by atoms with Crippen LogP contribution in [0.1, 0.15) is 24.8 Å². The summed E-state index contributed by atoms with van der Waals surface area (Å²) in [6, 6.07) is 10.7. The number of ether oxygens (including phenoxy) is 2. The van der Waals surface area contributed by atoms with Gasteiger partial charge < -0.3 is 14.4 Å². The van der Waals surface area contributed by atoms with Gasteiger partial charge in [-0.25, -0.2) is 4.79 Å². The monoisotopic (exact) mass is 458 g/mol. The second-order valence-electron chi connectivity index (χ2n) is 9.60. The van der Waals surface area contributed by atoms with Crippen LogP contribution < -0.4 is 0 Å². The van der Waals surface area contributed by atoms with Crippen molar-refractivity contribution in [1.29, 1.82) is 0 Å². The van der Waals surface area contributed by atoms with Crippen molar-refractivity contribution < 1.29 is 19.1 Å². The Balaban J connectivity index is 1.11. The highest BCUT2D eigenvalue weighted by Crippen LogP contribution is 2.23. The van der Waals surface area contributed by atoms with Crippen LogP contribution in [0, 0.1) is 5.92 Å². The van der Waals surface area contributed by atoms with E-state index in [1.54, 1.807) is 0 Å². The van der Waals surface area contributed by atoms with E-state index in [1.165, 1.54) is 25.5 Å². The van der Waals surface area contributed by atoms with Crippen LogP contribution >= 0.6 is 0 Å². The van der Waals surface area contributed by atoms with Crippen molar-refractivity contribution in [2.24, 2.45) is 5.92 Å². The second-order valence-corrected chi connectivity index (χ2v) is 9.60. The van der Waals surface area contributed by atoms with Crippen LogP contribution in [0.5, 0.6) is 0 Å². The normalized spacial score (nSPS) is 23.6. The summed E-state index contributed by atoms with van der Waals surface area (Å²) in [7, 11) is 1.42. The number of hydrogen-bond acceptors (Lipinski definition) is 7. The quantitative estimate of drug-likeness (QED) is 0.524. The van der Waals surface area contributed by atoms with Gasteiger partial charge in [0.25, 0.3) is 0 Å². The lowest BCUT2D eigenvalue weighted by Crippen LogP contribution is -2.50. The number of methoxy groups -OCH3 is 1. The van der Waals surface area contributed by atoms with Crippen molar-refractivity contribution >= 4 is 12.1 Å². The Bertz CT molecular complexity index is 761. The Kier molecular flexibility index (Phi) is 8.58. The Labute approximate surface area is 197 Å². The number of cyclic esters (lactones) is 1. The summed E-state index contributed by atoms with van der Waals surface area (Å²) in [5.41, 5.74) is 1.38. The van der Waals surface area contributed by atoms with Crippen LogP contribution in [0.15, 0.2) is 30.3 Å². The number of amides is 1. The van der Waals surface area contributed by atoms with Crippen LogP contribution in [-0.2, 0) is 20.8 Å². The number of carbonyl (C=O) groups is 2. The van der Waals surface area contributed by atoms with Crippen molar-refractivity contribution in [3.05, 3.63) is 35.9 Å². The van der Waals surface area contributed by atoms with E-state index in [-0.39, 0.29) is 18.2 Å². The maximum Gasteiger partial charge on any atom is 0.410 e. The topological polar surface area (TPSA) is 65.6 Å². The summed E-state index contributed by atoms with van der Waals surface area (Å²) < 4.78 is 10.4. The van der Waals surface area contributed by atoms with Gasteiger partial charge >= 0.3 is 12.1 Å². The van der Waals surface area contributed by atoms with Crippen molar-refractivity contribution in [3.8, 4) is 0 Å². The fraction of sp³-hybridized carbons (Fsp3) is 0.680. The summed E-state index contributed by atoms with van der Waals surface area (Å²) >= 11 is 0. The molecule has 0 bridgehead atoms. The molecule has 0 aromatic heterocycles. The molecule has 1 atom stereocenters. The lowest BCUT2D eigenvalue weighted by Gasteiger charge is -2.34. The molecule has 33 heavy (non-hydrogen) atoms. The van der Waals surface area contributed by atoms with Gasteiger partial charge in [0.15, 0.2) is 0 Å². The zero-order valence-electron chi connectivity index (χ0n) is 19.9. The number of esters is 1. The maximum absolute atomic E-state index is 12.4. The van der Waals surface area contributed by atoms with E-state index >= 15 is 0 Å². The van der Waals surface area contributed by atoms with Gasteiger partial charge in [-0.1, -0.05) is 30.3 Å². The van der Waals surface area contributed by atoms with E-state index in [2.05, 4.69) is 45.0 Å². The number of carbonyl (C=O) groups excluding carboxylic acids is 2. The molecule has 3 aliphatic heterocycles. The molecule has 1 aromatic rings. The number of rotatable bonds is 9. The second kappa shape index (κ2) is 11.8. The molecule has 0 radical (unpaired) electrons. The number of piperazine rings is 1. The van der Waals surface area contributed by atoms with Gasteiger partial charge in [0, 0.05) is 45.8 Å². The summed E-state index contributed by atoms with van der Waals surface area (Å²) in [6.07, 6.45) is 3.25. The average molecular weight is 459 g/mol. The number of benzene rings is 1. The molecule has 8 heteroatoms.